The smallest absolute Gasteiger partial charge is 0.223 e. The van der Waals surface area contributed by atoms with E-state index in [1.807, 2.05) is 20.8 Å². The van der Waals surface area contributed by atoms with Gasteiger partial charge in [0.1, 0.15) is 0 Å². The monoisotopic (exact) mass is 219 g/mol. The molecular formula is C14H21NO. The minimum absolute atomic E-state index is 0.0361. The Morgan fingerprint density at radius 2 is 1.75 bits per heavy atom. The van der Waals surface area contributed by atoms with Crippen LogP contribution in [-0.4, -0.2) is 5.91 Å². The third-order valence-electron chi connectivity index (χ3n) is 2.91. The Kier molecular flexibility index (Phi) is 4.11. The molecule has 88 valence electrons. The van der Waals surface area contributed by atoms with Gasteiger partial charge in [-0.15, -0.1) is 0 Å². The summed E-state index contributed by atoms with van der Waals surface area (Å²) >= 11 is 0. The maximum absolute atomic E-state index is 11.6. The van der Waals surface area contributed by atoms with Crippen molar-refractivity contribution in [1.29, 1.82) is 0 Å². The highest BCUT2D eigenvalue weighted by atomic mass is 16.1. The minimum Gasteiger partial charge on any atom is -0.349 e. The van der Waals surface area contributed by atoms with Crippen molar-refractivity contribution in [3.05, 3.63) is 34.9 Å². The van der Waals surface area contributed by atoms with Crippen LogP contribution < -0.4 is 5.32 Å². The molecule has 0 bridgehead atoms. The summed E-state index contributed by atoms with van der Waals surface area (Å²) in [6.45, 7) is 10.0. The van der Waals surface area contributed by atoms with E-state index in [0.717, 1.165) is 5.56 Å². The average Bonchev–Trinajstić information content (AvgIpc) is 2.21. The van der Waals surface area contributed by atoms with E-state index in [9.17, 15) is 4.79 Å². The number of carbonyl (C=O) groups is 1. The van der Waals surface area contributed by atoms with Crippen LogP contribution in [0.2, 0.25) is 0 Å². The van der Waals surface area contributed by atoms with Gasteiger partial charge in [0, 0.05) is 5.92 Å². The van der Waals surface area contributed by atoms with Crippen LogP contribution in [0.5, 0.6) is 0 Å². The van der Waals surface area contributed by atoms with Crippen LogP contribution in [0.25, 0.3) is 0 Å². The molecule has 0 aromatic heterocycles. The first-order valence-corrected chi connectivity index (χ1v) is 5.79. The Labute approximate surface area is 98.1 Å². The molecule has 0 fully saturated rings. The molecule has 0 aliphatic carbocycles. The van der Waals surface area contributed by atoms with Gasteiger partial charge in [-0.05, 0) is 37.5 Å². The summed E-state index contributed by atoms with van der Waals surface area (Å²) in [5.74, 6) is 0.139. The summed E-state index contributed by atoms with van der Waals surface area (Å²) in [5, 5.41) is 3.00. The molecule has 2 heteroatoms. The van der Waals surface area contributed by atoms with Crippen molar-refractivity contribution in [3.8, 4) is 0 Å². The molecule has 2 nitrogen and oxygen atoms in total. The van der Waals surface area contributed by atoms with Crippen molar-refractivity contribution in [2.24, 2.45) is 5.92 Å². The van der Waals surface area contributed by atoms with Crippen molar-refractivity contribution in [2.75, 3.05) is 0 Å². The third-order valence-corrected chi connectivity index (χ3v) is 2.91. The van der Waals surface area contributed by atoms with Crippen LogP contribution in [0.1, 0.15) is 43.5 Å². The van der Waals surface area contributed by atoms with Crippen LogP contribution in [0, 0.1) is 19.8 Å². The Bertz CT molecular complexity index is 382. The molecule has 1 unspecified atom stereocenters. The lowest BCUT2D eigenvalue weighted by molar-refractivity contribution is -0.124. The van der Waals surface area contributed by atoms with Gasteiger partial charge in [-0.1, -0.05) is 32.0 Å². The van der Waals surface area contributed by atoms with E-state index in [-0.39, 0.29) is 17.9 Å². The fourth-order valence-electron chi connectivity index (χ4n) is 1.50. The van der Waals surface area contributed by atoms with E-state index in [1.165, 1.54) is 11.1 Å². The number of benzene rings is 1. The van der Waals surface area contributed by atoms with Gasteiger partial charge < -0.3 is 5.32 Å². The molecule has 1 aromatic rings. The van der Waals surface area contributed by atoms with Crippen LogP contribution in [0.3, 0.4) is 0 Å². The first kappa shape index (κ1) is 12.8. The molecule has 0 saturated heterocycles. The molecule has 0 radical (unpaired) electrons. The Morgan fingerprint density at radius 1 is 1.12 bits per heavy atom. The van der Waals surface area contributed by atoms with Crippen molar-refractivity contribution in [2.45, 2.75) is 40.7 Å². The highest BCUT2D eigenvalue weighted by Crippen LogP contribution is 2.17. The average molecular weight is 219 g/mol. The van der Waals surface area contributed by atoms with Crippen molar-refractivity contribution in [1.82, 2.24) is 5.32 Å². The SMILES string of the molecule is Cc1ccc(C(C)NC(=O)C(C)C)cc1C. The van der Waals surface area contributed by atoms with Gasteiger partial charge in [0.25, 0.3) is 0 Å². The zero-order valence-electron chi connectivity index (χ0n) is 10.8. The van der Waals surface area contributed by atoms with E-state index in [0.29, 0.717) is 0 Å². The second kappa shape index (κ2) is 5.15. The van der Waals surface area contributed by atoms with E-state index in [4.69, 9.17) is 0 Å². The number of amides is 1. The first-order chi connectivity index (χ1) is 7.41. The second-order valence-corrected chi connectivity index (χ2v) is 4.73. The summed E-state index contributed by atoms with van der Waals surface area (Å²) in [7, 11) is 0. The van der Waals surface area contributed by atoms with Gasteiger partial charge in [0.2, 0.25) is 5.91 Å². The Hall–Kier alpha value is -1.31. The molecule has 1 rings (SSSR count). The van der Waals surface area contributed by atoms with Crippen LogP contribution in [-0.2, 0) is 4.79 Å². The number of carbonyl (C=O) groups excluding carboxylic acids is 1. The number of rotatable bonds is 3. The minimum atomic E-state index is 0.0361. The van der Waals surface area contributed by atoms with Gasteiger partial charge in [-0.25, -0.2) is 0 Å². The molecule has 0 saturated carbocycles. The highest BCUT2D eigenvalue weighted by Gasteiger charge is 2.12. The summed E-state index contributed by atoms with van der Waals surface area (Å²) in [6, 6.07) is 6.39. The lowest BCUT2D eigenvalue weighted by atomic mass is 10.0. The largest absolute Gasteiger partial charge is 0.349 e. The second-order valence-electron chi connectivity index (χ2n) is 4.73. The highest BCUT2D eigenvalue weighted by molar-refractivity contribution is 5.78. The fraction of sp³-hybridized carbons (Fsp3) is 0.500. The van der Waals surface area contributed by atoms with Crippen LogP contribution in [0.4, 0.5) is 0 Å². The molecule has 0 spiro atoms. The molecular weight excluding hydrogens is 198 g/mol. The molecule has 16 heavy (non-hydrogen) atoms. The van der Waals surface area contributed by atoms with Crippen molar-refractivity contribution in [3.63, 3.8) is 0 Å². The van der Waals surface area contributed by atoms with Crippen molar-refractivity contribution >= 4 is 5.91 Å². The van der Waals surface area contributed by atoms with Gasteiger partial charge >= 0.3 is 0 Å². The molecule has 1 atom stereocenters. The topological polar surface area (TPSA) is 29.1 Å². The van der Waals surface area contributed by atoms with Gasteiger partial charge in [-0.3, -0.25) is 4.79 Å². The summed E-state index contributed by atoms with van der Waals surface area (Å²) in [4.78, 5) is 11.6. The Morgan fingerprint density at radius 3 is 2.25 bits per heavy atom. The molecule has 1 amide bonds. The zero-order chi connectivity index (χ0) is 12.3. The maximum atomic E-state index is 11.6. The molecule has 0 aliphatic heterocycles. The predicted octanol–water partition coefficient (Wildman–Crippen LogP) is 3.14. The van der Waals surface area contributed by atoms with Gasteiger partial charge in [0.05, 0.1) is 6.04 Å². The normalized spacial score (nSPS) is 12.6. The zero-order valence-corrected chi connectivity index (χ0v) is 10.8. The van der Waals surface area contributed by atoms with E-state index >= 15 is 0 Å². The molecule has 1 N–H and O–H groups in total. The molecule has 1 aromatic carbocycles. The summed E-state index contributed by atoms with van der Waals surface area (Å²) in [5.41, 5.74) is 3.71. The maximum Gasteiger partial charge on any atom is 0.223 e. The lowest BCUT2D eigenvalue weighted by Gasteiger charge is -2.17. The number of aryl methyl sites for hydroxylation is 2. The number of hydrogen-bond donors (Lipinski definition) is 1. The quantitative estimate of drug-likeness (QED) is 0.831. The molecule has 0 heterocycles. The van der Waals surface area contributed by atoms with E-state index in [1.54, 1.807) is 0 Å². The van der Waals surface area contributed by atoms with Crippen LogP contribution >= 0.6 is 0 Å². The van der Waals surface area contributed by atoms with Gasteiger partial charge in [0.15, 0.2) is 0 Å². The predicted molar refractivity (Wildman–Crippen MR) is 67.3 cm³/mol. The number of nitrogens with one attached hydrogen (secondary N) is 1. The first-order valence-electron chi connectivity index (χ1n) is 5.79. The third kappa shape index (κ3) is 3.09. The van der Waals surface area contributed by atoms with E-state index < -0.39 is 0 Å². The Balaban J connectivity index is 2.77. The van der Waals surface area contributed by atoms with Gasteiger partial charge in [-0.2, -0.15) is 0 Å². The van der Waals surface area contributed by atoms with E-state index in [2.05, 4.69) is 37.4 Å². The summed E-state index contributed by atoms with van der Waals surface area (Å²) in [6.07, 6.45) is 0. The molecule has 0 aliphatic rings. The standard InChI is InChI=1S/C14H21NO/c1-9(2)14(16)15-12(5)13-7-6-10(3)11(4)8-13/h6-9,12H,1-5H3,(H,15,16). The summed E-state index contributed by atoms with van der Waals surface area (Å²) < 4.78 is 0. The lowest BCUT2D eigenvalue weighted by Crippen LogP contribution is -2.30. The number of hydrogen-bond acceptors (Lipinski definition) is 1. The van der Waals surface area contributed by atoms with Crippen LogP contribution in [0.15, 0.2) is 18.2 Å². The van der Waals surface area contributed by atoms with Crippen molar-refractivity contribution < 1.29 is 4.79 Å². The fourth-order valence-corrected chi connectivity index (χ4v) is 1.50.